The van der Waals surface area contributed by atoms with E-state index in [0.29, 0.717) is 11.5 Å². The van der Waals surface area contributed by atoms with Gasteiger partial charge in [0, 0.05) is 6.42 Å². The van der Waals surface area contributed by atoms with Crippen molar-refractivity contribution in [3.63, 3.8) is 0 Å². The number of carbonyl (C=O) groups excluding carboxylic acids is 1. The van der Waals surface area contributed by atoms with Gasteiger partial charge in [0.15, 0.2) is 11.6 Å². The second kappa shape index (κ2) is 4.09. The number of nitrogens with one attached hydrogen (secondary N) is 2. The van der Waals surface area contributed by atoms with Gasteiger partial charge in [-0.1, -0.05) is 6.92 Å². The molecule has 0 unspecified atom stereocenters. The Kier molecular flexibility index (Phi) is 2.63. The standard InChI is InChI=1S/C10H12N4O2/c1-2-6-3-4-8(16-6)10(15)13-9-7(11)5-12-14-9/h3-5H,2,11H2,1H3,(H2,12,13,14,15). The van der Waals surface area contributed by atoms with E-state index >= 15 is 0 Å². The maximum Gasteiger partial charge on any atom is 0.292 e. The second-order valence-corrected chi connectivity index (χ2v) is 3.27. The van der Waals surface area contributed by atoms with Crippen LogP contribution in [-0.4, -0.2) is 16.1 Å². The van der Waals surface area contributed by atoms with Gasteiger partial charge in [0.05, 0.1) is 11.9 Å². The minimum Gasteiger partial charge on any atom is -0.456 e. The maximum atomic E-state index is 11.7. The van der Waals surface area contributed by atoms with Gasteiger partial charge in [-0.05, 0) is 12.1 Å². The monoisotopic (exact) mass is 220 g/mol. The van der Waals surface area contributed by atoms with Gasteiger partial charge in [0.1, 0.15) is 5.76 Å². The van der Waals surface area contributed by atoms with Crippen molar-refractivity contribution >= 4 is 17.4 Å². The van der Waals surface area contributed by atoms with Crippen LogP contribution in [0.1, 0.15) is 23.2 Å². The van der Waals surface area contributed by atoms with E-state index in [1.807, 2.05) is 6.92 Å². The highest BCUT2D eigenvalue weighted by Gasteiger charge is 2.12. The molecule has 0 aliphatic rings. The largest absolute Gasteiger partial charge is 0.456 e. The van der Waals surface area contributed by atoms with Crippen LogP contribution in [0.3, 0.4) is 0 Å². The number of nitrogens with two attached hydrogens (primary N) is 1. The van der Waals surface area contributed by atoms with E-state index in [2.05, 4.69) is 15.5 Å². The van der Waals surface area contributed by atoms with Crippen LogP contribution >= 0.6 is 0 Å². The van der Waals surface area contributed by atoms with E-state index in [4.69, 9.17) is 10.2 Å². The number of hydrogen-bond acceptors (Lipinski definition) is 4. The predicted molar refractivity (Wildman–Crippen MR) is 59.0 cm³/mol. The van der Waals surface area contributed by atoms with Gasteiger partial charge in [-0.25, -0.2) is 0 Å². The zero-order valence-corrected chi connectivity index (χ0v) is 8.78. The number of amides is 1. The maximum absolute atomic E-state index is 11.7. The molecular formula is C10H12N4O2. The molecule has 0 spiro atoms. The van der Waals surface area contributed by atoms with E-state index < -0.39 is 0 Å². The first-order valence-electron chi connectivity index (χ1n) is 4.89. The molecule has 16 heavy (non-hydrogen) atoms. The van der Waals surface area contributed by atoms with Crippen LogP contribution in [0.4, 0.5) is 11.5 Å². The predicted octanol–water partition coefficient (Wildman–Crippen LogP) is 1.40. The molecule has 2 aromatic heterocycles. The first kappa shape index (κ1) is 10.3. The molecule has 0 atom stereocenters. The number of carbonyl (C=O) groups is 1. The van der Waals surface area contributed by atoms with Crippen molar-refractivity contribution in [2.45, 2.75) is 13.3 Å². The average molecular weight is 220 g/mol. The number of aromatic nitrogens is 2. The number of aryl methyl sites for hydroxylation is 1. The number of furan rings is 1. The molecule has 0 radical (unpaired) electrons. The Morgan fingerprint density at radius 1 is 1.62 bits per heavy atom. The Bertz CT molecular complexity index is 500. The van der Waals surface area contributed by atoms with Gasteiger partial charge in [0.25, 0.3) is 5.91 Å². The Labute approximate surface area is 91.8 Å². The lowest BCUT2D eigenvalue weighted by Crippen LogP contribution is -2.12. The van der Waals surface area contributed by atoms with Gasteiger partial charge in [-0.3, -0.25) is 9.89 Å². The fraction of sp³-hybridized carbons (Fsp3) is 0.200. The smallest absolute Gasteiger partial charge is 0.292 e. The lowest BCUT2D eigenvalue weighted by molar-refractivity contribution is 0.0994. The molecule has 1 amide bonds. The lowest BCUT2D eigenvalue weighted by Gasteiger charge is -2.00. The van der Waals surface area contributed by atoms with Gasteiger partial charge >= 0.3 is 0 Å². The summed E-state index contributed by atoms with van der Waals surface area (Å²) in [5.41, 5.74) is 5.94. The van der Waals surface area contributed by atoms with Gasteiger partial charge in [0.2, 0.25) is 0 Å². The van der Waals surface area contributed by atoms with Gasteiger partial charge in [-0.2, -0.15) is 5.10 Å². The van der Waals surface area contributed by atoms with Gasteiger partial charge < -0.3 is 15.5 Å². The molecule has 0 aromatic carbocycles. The summed E-state index contributed by atoms with van der Waals surface area (Å²) in [7, 11) is 0. The molecule has 2 heterocycles. The molecule has 0 saturated heterocycles. The fourth-order valence-electron chi connectivity index (χ4n) is 1.26. The van der Waals surface area contributed by atoms with Crippen LogP contribution in [0, 0.1) is 0 Å². The summed E-state index contributed by atoms with van der Waals surface area (Å²) in [6, 6.07) is 3.39. The molecule has 0 aliphatic carbocycles. The summed E-state index contributed by atoms with van der Waals surface area (Å²) in [6.45, 7) is 1.95. The highest BCUT2D eigenvalue weighted by atomic mass is 16.3. The Morgan fingerprint density at radius 3 is 3.00 bits per heavy atom. The molecule has 6 nitrogen and oxygen atoms in total. The highest BCUT2D eigenvalue weighted by molar-refractivity contribution is 6.03. The van der Waals surface area contributed by atoms with Crippen molar-refractivity contribution in [2.24, 2.45) is 0 Å². The van der Waals surface area contributed by atoms with Crippen molar-refractivity contribution in [1.82, 2.24) is 10.2 Å². The number of nitrogen functional groups attached to an aromatic ring is 1. The summed E-state index contributed by atoms with van der Waals surface area (Å²) in [5.74, 6) is 1.05. The highest BCUT2D eigenvalue weighted by Crippen LogP contribution is 2.15. The number of H-pyrrole nitrogens is 1. The molecule has 0 saturated carbocycles. The quantitative estimate of drug-likeness (QED) is 0.728. The van der Waals surface area contributed by atoms with Crippen LogP contribution in [0.2, 0.25) is 0 Å². The van der Waals surface area contributed by atoms with E-state index in [1.165, 1.54) is 6.20 Å². The first-order chi connectivity index (χ1) is 7.70. The molecular weight excluding hydrogens is 208 g/mol. The summed E-state index contributed by atoms with van der Waals surface area (Å²) >= 11 is 0. The van der Waals surface area contributed by atoms with Crippen molar-refractivity contribution in [2.75, 3.05) is 11.1 Å². The normalized spacial score (nSPS) is 10.3. The van der Waals surface area contributed by atoms with Crippen LogP contribution in [0.5, 0.6) is 0 Å². The molecule has 6 heteroatoms. The summed E-state index contributed by atoms with van der Waals surface area (Å²) in [4.78, 5) is 11.7. The minimum absolute atomic E-state index is 0.255. The molecule has 0 fully saturated rings. The fourth-order valence-corrected chi connectivity index (χ4v) is 1.26. The Balaban J connectivity index is 2.11. The molecule has 0 bridgehead atoms. The van der Waals surface area contributed by atoms with Crippen molar-refractivity contribution < 1.29 is 9.21 Å². The average Bonchev–Trinajstić information content (AvgIpc) is 2.88. The van der Waals surface area contributed by atoms with E-state index in [9.17, 15) is 4.79 Å². The number of nitrogens with zero attached hydrogens (tertiary/aromatic N) is 1. The number of anilines is 2. The summed E-state index contributed by atoms with van der Waals surface area (Å²) < 4.78 is 5.30. The number of hydrogen-bond donors (Lipinski definition) is 3. The number of aromatic amines is 1. The van der Waals surface area contributed by atoms with Crippen LogP contribution in [0.25, 0.3) is 0 Å². The van der Waals surface area contributed by atoms with E-state index in [1.54, 1.807) is 12.1 Å². The molecule has 4 N–H and O–H groups in total. The Hall–Kier alpha value is -2.24. The zero-order valence-electron chi connectivity index (χ0n) is 8.78. The van der Waals surface area contributed by atoms with Crippen LogP contribution < -0.4 is 11.1 Å². The van der Waals surface area contributed by atoms with Crippen LogP contribution in [0.15, 0.2) is 22.7 Å². The zero-order chi connectivity index (χ0) is 11.5. The van der Waals surface area contributed by atoms with Crippen LogP contribution in [-0.2, 0) is 6.42 Å². The second-order valence-electron chi connectivity index (χ2n) is 3.27. The molecule has 2 aromatic rings. The molecule has 2 rings (SSSR count). The lowest BCUT2D eigenvalue weighted by atomic mass is 10.3. The van der Waals surface area contributed by atoms with Crippen molar-refractivity contribution in [1.29, 1.82) is 0 Å². The topological polar surface area (TPSA) is 96.9 Å². The molecule has 0 aliphatic heterocycles. The van der Waals surface area contributed by atoms with E-state index in [0.717, 1.165) is 12.2 Å². The minimum atomic E-state index is -0.351. The van der Waals surface area contributed by atoms with E-state index in [-0.39, 0.29) is 11.7 Å². The third kappa shape index (κ3) is 1.90. The van der Waals surface area contributed by atoms with Gasteiger partial charge in [-0.15, -0.1) is 0 Å². The first-order valence-corrected chi connectivity index (χ1v) is 4.89. The summed E-state index contributed by atoms with van der Waals surface area (Å²) in [6.07, 6.45) is 2.18. The summed E-state index contributed by atoms with van der Waals surface area (Å²) in [5, 5.41) is 8.84. The Morgan fingerprint density at radius 2 is 2.44 bits per heavy atom. The SMILES string of the molecule is CCc1ccc(C(=O)Nc2[nH]ncc2N)o1. The third-order valence-electron chi connectivity index (χ3n) is 2.14. The van der Waals surface area contributed by atoms with Crippen molar-refractivity contribution in [3.8, 4) is 0 Å². The third-order valence-corrected chi connectivity index (χ3v) is 2.14. The van der Waals surface area contributed by atoms with Crippen molar-refractivity contribution in [3.05, 3.63) is 29.9 Å². The number of rotatable bonds is 3. The molecule has 84 valence electrons.